The number of likely N-dealkylation sites (N-methyl/N-ethyl adjacent to an activating group) is 1. The van der Waals surface area contributed by atoms with Crippen LogP contribution in [0.2, 0.25) is 0 Å². The molecule has 1 unspecified atom stereocenters. The van der Waals surface area contributed by atoms with E-state index in [0.717, 1.165) is 12.8 Å². The largest absolute Gasteiger partial charge is 0.395 e. The molecule has 2 aromatic rings. The molecule has 0 radical (unpaired) electrons. The van der Waals surface area contributed by atoms with Crippen LogP contribution in [0.1, 0.15) is 19.8 Å². The van der Waals surface area contributed by atoms with Gasteiger partial charge < -0.3 is 48.9 Å². The third kappa shape index (κ3) is 7.70. The summed E-state index contributed by atoms with van der Waals surface area (Å²) in [5.41, 5.74) is 1.09. The minimum atomic E-state index is -0.128. The Morgan fingerprint density at radius 2 is 1.33 bits per heavy atom. The third-order valence-corrected chi connectivity index (χ3v) is 8.16. The van der Waals surface area contributed by atoms with Gasteiger partial charge in [0.2, 0.25) is 17.8 Å². The molecule has 15 heteroatoms. The van der Waals surface area contributed by atoms with Crippen LogP contribution in [-0.4, -0.2) is 160 Å². The van der Waals surface area contributed by atoms with E-state index in [9.17, 15) is 15.0 Å². The van der Waals surface area contributed by atoms with Crippen LogP contribution in [0, 0.1) is 0 Å². The summed E-state index contributed by atoms with van der Waals surface area (Å²) >= 11 is 0. The van der Waals surface area contributed by atoms with E-state index in [-0.39, 0.29) is 50.9 Å². The van der Waals surface area contributed by atoms with Crippen molar-refractivity contribution in [1.29, 1.82) is 0 Å². The van der Waals surface area contributed by atoms with Crippen LogP contribution in [0.25, 0.3) is 11.0 Å². The third-order valence-electron chi connectivity index (χ3n) is 8.16. The number of anilines is 4. The van der Waals surface area contributed by atoms with Gasteiger partial charge in [0.1, 0.15) is 11.0 Å². The normalized spacial score (nSPS) is 18.2. The molecule has 2 N–H and O–H groups in total. The number of nitrogens with zero attached hydrogens (tertiary/aromatic N) is 9. The zero-order chi connectivity index (χ0) is 30.9. The summed E-state index contributed by atoms with van der Waals surface area (Å²) in [6.45, 7) is 6.38. The van der Waals surface area contributed by atoms with Gasteiger partial charge in [-0.15, -0.1) is 0 Å². The van der Waals surface area contributed by atoms with Gasteiger partial charge in [-0.1, -0.05) is 0 Å². The molecule has 0 spiro atoms. The molecule has 0 saturated carbocycles. The number of aromatic nitrogens is 4. The van der Waals surface area contributed by atoms with Gasteiger partial charge in [-0.05, 0) is 19.8 Å². The Morgan fingerprint density at radius 3 is 1.79 bits per heavy atom. The van der Waals surface area contributed by atoms with Crippen LogP contribution in [0.3, 0.4) is 0 Å². The molecule has 15 nitrogen and oxygen atoms in total. The van der Waals surface area contributed by atoms with Gasteiger partial charge in [-0.3, -0.25) is 4.79 Å². The quantitative estimate of drug-likeness (QED) is 0.270. The van der Waals surface area contributed by atoms with E-state index >= 15 is 0 Å². The fourth-order valence-electron chi connectivity index (χ4n) is 5.45. The number of piperazine rings is 1. The second kappa shape index (κ2) is 15.6. The molecule has 4 heterocycles. The highest BCUT2D eigenvalue weighted by Gasteiger charge is 2.32. The van der Waals surface area contributed by atoms with Gasteiger partial charge in [0.05, 0.1) is 39.1 Å². The summed E-state index contributed by atoms with van der Waals surface area (Å²) < 4.78 is 16.4. The first-order valence-electron chi connectivity index (χ1n) is 14.9. The van der Waals surface area contributed by atoms with Crippen LogP contribution in [-0.2, 0) is 19.0 Å². The molecule has 0 aromatic carbocycles. The van der Waals surface area contributed by atoms with Crippen LogP contribution >= 0.6 is 0 Å². The molecule has 1 amide bonds. The first-order chi connectivity index (χ1) is 20.8. The van der Waals surface area contributed by atoms with E-state index in [0.29, 0.717) is 80.5 Å². The maximum absolute atomic E-state index is 13.0. The molecule has 1 atom stereocenters. The molecule has 0 aliphatic carbocycles. The molecular formula is C28H47N9O6. The van der Waals surface area contributed by atoms with Crippen molar-refractivity contribution in [2.75, 3.05) is 127 Å². The minimum Gasteiger partial charge on any atom is -0.395 e. The minimum absolute atomic E-state index is 0.0130. The topological polar surface area (TPSA) is 153 Å². The highest BCUT2D eigenvalue weighted by Crippen LogP contribution is 2.35. The maximum Gasteiger partial charge on any atom is 0.242 e. The summed E-state index contributed by atoms with van der Waals surface area (Å²) in [6.07, 6.45) is 1.83. The van der Waals surface area contributed by atoms with E-state index < -0.39 is 0 Å². The number of methoxy groups -OCH3 is 3. The van der Waals surface area contributed by atoms with E-state index in [1.165, 1.54) is 0 Å². The summed E-state index contributed by atoms with van der Waals surface area (Å²) in [7, 11) is 6.85. The summed E-state index contributed by atoms with van der Waals surface area (Å²) in [5, 5.41) is 19.6. The second-order valence-electron chi connectivity index (χ2n) is 11.0. The predicted octanol–water partition coefficient (Wildman–Crippen LogP) is -0.408. The smallest absolute Gasteiger partial charge is 0.242 e. The number of rotatable bonds is 15. The molecule has 0 bridgehead atoms. The van der Waals surface area contributed by atoms with E-state index in [4.69, 9.17) is 34.1 Å². The first kappa shape index (κ1) is 32.8. The van der Waals surface area contributed by atoms with Crippen LogP contribution in [0.5, 0.6) is 0 Å². The molecule has 2 saturated heterocycles. The Bertz CT molecular complexity index is 1190. The number of amides is 1. The van der Waals surface area contributed by atoms with Crippen molar-refractivity contribution >= 4 is 40.5 Å². The number of aliphatic hydroxyl groups excluding tert-OH is 2. The number of hydrogen-bond acceptors (Lipinski definition) is 14. The molecular weight excluding hydrogens is 558 g/mol. The van der Waals surface area contributed by atoms with E-state index in [1.807, 2.05) is 23.8 Å². The lowest BCUT2D eigenvalue weighted by molar-refractivity contribution is -0.131. The van der Waals surface area contributed by atoms with E-state index in [2.05, 4.69) is 4.90 Å². The summed E-state index contributed by atoms with van der Waals surface area (Å²) in [4.78, 5) is 42.7. The first-order valence-corrected chi connectivity index (χ1v) is 14.9. The SMILES string of the molecule is COCCN(CCOC)c1nc(N2CC(=O)N(C)C(C)C2)c2nc(N(CCO)CCO)nc(N3CCC(OC)CC3)c2n1. The van der Waals surface area contributed by atoms with E-state index in [1.54, 1.807) is 31.1 Å². The van der Waals surface area contributed by atoms with Crippen molar-refractivity contribution in [3.05, 3.63) is 0 Å². The van der Waals surface area contributed by atoms with Crippen LogP contribution < -0.4 is 19.6 Å². The zero-order valence-electron chi connectivity index (χ0n) is 26.1. The average molecular weight is 606 g/mol. The standard InChI is InChI=1S/C28H47N9O6/c1-20-18-37(19-22(40)33(20)2)26-24-23(29-28(32-26)36(12-16-41-3)13-17-42-4)25(34-8-6-21(43-5)7-9-34)31-27(30-24)35(10-14-38)11-15-39/h20-21,38-39H,6-19H2,1-5H3. The van der Waals surface area contributed by atoms with Crippen molar-refractivity contribution in [2.24, 2.45) is 0 Å². The van der Waals surface area contributed by atoms with Crippen LogP contribution in [0.15, 0.2) is 0 Å². The van der Waals surface area contributed by atoms with Gasteiger partial charge >= 0.3 is 0 Å². The molecule has 240 valence electrons. The summed E-state index contributed by atoms with van der Waals surface area (Å²) in [5.74, 6) is 2.01. The molecule has 2 aromatic heterocycles. The van der Waals surface area contributed by atoms with Crippen molar-refractivity contribution in [3.8, 4) is 0 Å². The van der Waals surface area contributed by atoms with Gasteiger partial charge in [-0.2, -0.15) is 9.97 Å². The predicted molar refractivity (Wildman–Crippen MR) is 164 cm³/mol. The number of carbonyl (C=O) groups is 1. The molecule has 2 aliphatic heterocycles. The van der Waals surface area contributed by atoms with Gasteiger partial charge in [0, 0.05) is 80.2 Å². The number of hydrogen-bond donors (Lipinski definition) is 2. The van der Waals surface area contributed by atoms with Crippen molar-refractivity contribution in [1.82, 2.24) is 24.8 Å². The van der Waals surface area contributed by atoms with Crippen LogP contribution in [0.4, 0.5) is 23.5 Å². The lowest BCUT2D eigenvalue weighted by Gasteiger charge is -2.38. The fraction of sp³-hybridized carbons (Fsp3) is 0.750. The van der Waals surface area contributed by atoms with Gasteiger partial charge in [0.25, 0.3) is 0 Å². The Morgan fingerprint density at radius 1 is 0.814 bits per heavy atom. The van der Waals surface area contributed by atoms with Crippen molar-refractivity contribution in [2.45, 2.75) is 31.9 Å². The molecule has 2 aliphatic rings. The highest BCUT2D eigenvalue weighted by atomic mass is 16.5. The van der Waals surface area contributed by atoms with Crippen molar-refractivity contribution in [3.63, 3.8) is 0 Å². The lowest BCUT2D eigenvalue weighted by Crippen LogP contribution is -2.54. The lowest BCUT2D eigenvalue weighted by atomic mass is 10.1. The Balaban J connectivity index is 1.95. The number of carbonyl (C=O) groups excluding carboxylic acids is 1. The summed E-state index contributed by atoms with van der Waals surface area (Å²) in [6, 6.07) is -0.0399. The average Bonchev–Trinajstić information content (AvgIpc) is 3.02. The maximum atomic E-state index is 13.0. The Labute approximate surface area is 253 Å². The molecule has 4 rings (SSSR count). The number of aliphatic hydroxyl groups is 2. The number of fused-ring (bicyclic) bond motifs is 1. The highest BCUT2D eigenvalue weighted by molar-refractivity contribution is 5.96. The Kier molecular flexibility index (Phi) is 11.9. The zero-order valence-corrected chi connectivity index (χ0v) is 26.1. The second-order valence-corrected chi connectivity index (χ2v) is 11.0. The monoisotopic (exact) mass is 605 g/mol. The van der Waals surface area contributed by atoms with Gasteiger partial charge in [0.15, 0.2) is 11.6 Å². The fourth-order valence-corrected chi connectivity index (χ4v) is 5.45. The Hall–Kier alpha value is -3.11. The number of piperidine rings is 1. The molecule has 2 fully saturated rings. The van der Waals surface area contributed by atoms with Crippen molar-refractivity contribution < 1.29 is 29.2 Å². The molecule has 43 heavy (non-hydrogen) atoms. The van der Waals surface area contributed by atoms with Gasteiger partial charge in [-0.25, -0.2) is 9.97 Å². The number of ether oxygens (including phenoxy) is 3.